The number of nitrogens with zero attached hydrogens (tertiary/aromatic N) is 4. The standard InChI is InChI=1S/C27H27Cl2N5O3/c1-15-10-11-32(15)27-31-23-14-33(25(36)18-6-9-21(28)22(29)13-18)16(2)12-20(23)26(37)34(27)19-7-4-17(5-8-19)24(35)30-3/h4-9,13,15-16H,10-12,14H2,1-3H3,(H,30,35)/t15-,16-/m1/s1. The normalized spacial score (nSPS) is 18.7. The summed E-state index contributed by atoms with van der Waals surface area (Å²) in [5.74, 6) is 0.164. The van der Waals surface area contributed by atoms with Gasteiger partial charge in [0.2, 0.25) is 5.95 Å². The molecule has 0 radical (unpaired) electrons. The second-order valence-electron chi connectivity index (χ2n) is 9.55. The van der Waals surface area contributed by atoms with Gasteiger partial charge >= 0.3 is 0 Å². The number of anilines is 1. The van der Waals surface area contributed by atoms with Gasteiger partial charge in [-0.05, 0) is 69.2 Å². The van der Waals surface area contributed by atoms with Gasteiger partial charge in [0.05, 0.1) is 28.0 Å². The van der Waals surface area contributed by atoms with Crippen LogP contribution >= 0.6 is 23.2 Å². The fourth-order valence-electron chi connectivity index (χ4n) is 4.86. The number of carbonyl (C=O) groups is 2. The number of hydrogen-bond acceptors (Lipinski definition) is 5. The number of fused-ring (bicyclic) bond motifs is 1. The monoisotopic (exact) mass is 539 g/mol. The van der Waals surface area contributed by atoms with Gasteiger partial charge in [-0.3, -0.25) is 14.4 Å². The molecule has 37 heavy (non-hydrogen) atoms. The molecule has 0 aliphatic carbocycles. The molecule has 3 heterocycles. The van der Waals surface area contributed by atoms with Gasteiger partial charge in [-0.1, -0.05) is 23.2 Å². The smallest absolute Gasteiger partial charge is 0.263 e. The van der Waals surface area contributed by atoms with Gasteiger partial charge in [-0.25, -0.2) is 9.55 Å². The number of nitrogens with one attached hydrogen (secondary N) is 1. The Bertz CT molecular complexity index is 1450. The molecule has 2 aliphatic heterocycles. The Hall–Kier alpha value is -3.36. The number of halogens is 2. The van der Waals surface area contributed by atoms with Gasteiger partial charge in [0.1, 0.15) is 0 Å². The minimum absolute atomic E-state index is 0.153. The molecule has 2 amide bonds. The van der Waals surface area contributed by atoms with Crippen molar-refractivity contribution in [1.82, 2.24) is 19.8 Å². The molecule has 2 atom stereocenters. The van der Waals surface area contributed by atoms with Crippen molar-refractivity contribution in [2.24, 2.45) is 0 Å². The van der Waals surface area contributed by atoms with E-state index in [1.807, 2.05) is 6.92 Å². The first-order valence-electron chi connectivity index (χ1n) is 12.2. The lowest BCUT2D eigenvalue weighted by atomic mass is 9.98. The van der Waals surface area contributed by atoms with Crippen LogP contribution in [0.5, 0.6) is 0 Å². The van der Waals surface area contributed by atoms with Crippen LogP contribution in [0.3, 0.4) is 0 Å². The Balaban J connectivity index is 1.57. The van der Waals surface area contributed by atoms with E-state index < -0.39 is 0 Å². The second-order valence-corrected chi connectivity index (χ2v) is 10.4. The Labute approximate surface area is 224 Å². The molecule has 1 aromatic heterocycles. The highest BCUT2D eigenvalue weighted by Crippen LogP contribution is 2.30. The quantitative estimate of drug-likeness (QED) is 0.539. The van der Waals surface area contributed by atoms with E-state index in [0.29, 0.717) is 50.5 Å². The van der Waals surface area contributed by atoms with Crippen LogP contribution in [-0.2, 0) is 13.0 Å². The molecule has 0 saturated carbocycles. The number of rotatable bonds is 4. The predicted molar refractivity (Wildman–Crippen MR) is 144 cm³/mol. The van der Waals surface area contributed by atoms with E-state index >= 15 is 0 Å². The van der Waals surface area contributed by atoms with Crippen LogP contribution in [0, 0.1) is 0 Å². The first kappa shape index (κ1) is 25.3. The lowest BCUT2D eigenvalue weighted by Gasteiger charge is -2.41. The van der Waals surface area contributed by atoms with Gasteiger partial charge in [-0.15, -0.1) is 0 Å². The minimum atomic E-state index is -0.221. The van der Waals surface area contributed by atoms with Gasteiger partial charge in [0.25, 0.3) is 17.4 Å². The summed E-state index contributed by atoms with van der Waals surface area (Å²) in [7, 11) is 1.58. The molecule has 0 bridgehead atoms. The number of benzene rings is 2. The zero-order valence-electron chi connectivity index (χ0n) is 20.8. The molecule has 3 aromatic rings. The summed E-state index contributed by atoms with van der Waals surface area (Å²) < 4.78 is 1.63. The Kier molecular flexibility index (Phi) is 6.72. The molecular weight excluding hydrogens is 513 g/mol. The van der Waals surface area contributed by atoms with Gasteiger partial charge < -0.3 is 15.1 Å². The maximum atomic E-state index is 13.9. The number of hydrogen-bond donors (Lipinski definition) is 1. The van der Waals surface area contributed by atoms with Gasteiger partial charge in [0.15, 0.2) is 0 Å². The first-order chi connectivity index (χ1) is 17.7. The summed E-state index contributed by atoms with van der Waals surface area (Å²) in [5.41, 5.74) is 2.63. The highest BCUT2D eigenvalue weighted by Gasteiger charge is 2.35. The fourth-order valence-corrected chi connectivity index (χ4v) is 5.16. The highest BCUT2D eigenvalue weighted by molar-refractivity contribution is 6.42. The third-order valence-corrected chi connectivity index (χ3v) is 7.95. The van der Waals surface area contributed by atoms with Gasteiger partial charge in [-0.2, -0.15) is 0 Å². The van der Waals surface area contributed by atoms with Gasteiger partial charge in [0, 0.05) is 42.4 Å². The van der Waals surface area contributed by atoms with E-state index in [4.69, 9.17) is 28.2 Å². The number of aromatic nitrogens is 2. The summed E-state index contributed by atoms with van der Waals surface area (Å²) >= 11 is 12.2. The van der Waals surface area contributed by atoms with E-state index in [1.165, 1.54) is 0 Å². The van der Waals surface area contributed by atoms with Crippen molar-refractivity contribution >= 4 is 41.0 Å². The average molecular weight is 540 g/mol. The lowest BCUT2D eigenvalue weighted by Crippen LogP contribution is -2.51. The Morgan fingerprint density at radius 2 is 1.70 bits per heavy atom. The molecule has 2 aromatic carbocycles. The minimum Gasteiger partial charge on any atom is -0.355 e. The van der Waals surface area contributed by atoms with Crippen LogP contribution in [-0.4, -0.2) is 51.9 Å². The summed E-state index contributed by atoms with van der Waals surface area (Å²) in [6, 6.07) is 11.8. The summed E-state index contributed by atoms with van der Waals surface area (Å²) in [4.78, 5) is 48.1. The topological polar surface area (TPSA) is 87.5 Å². The summed E-state index contributed by atoms with van der Waals surface area (Å²) in [5, 5.41) is 3.31. The molecule has 1 fully saturated rings. The molecule has 1 N–H and O–H groups in total. The number of carbonyl (C=O) groups excluding carboxylic acids is 2. The van der Waals surface area contributed by atoms with E-state index in [9.17, 15) is 14.4 Å². The summed E-state index contributed by atoms with van der Waals surface area (Å²) in [6.45, 7) is 5.02. The van der Waals surface area contributed by atoms with Crippen LogP contribution in [0.2, 0.25) is 10.0 Å². The molecule has 10 heteroatoms. The molecule has 0 spiro atoms. The Morgan fingerprint density at radius 1 is 1.00 bits per heavy atom. The molecule has 2 aliphatic rings. The molecule has 8 nitrogen and oxygen atoms in total. The largest absolute Gasteiger partial charge is 0.355 e. The first-order valence-corrected chi connectivity index (χ1v) is 12.9. The summed E-state index contributed by atoms with van der Waals surface area (Å²) in [6.07, 6.45) is 1.38. The average Bonchev–Trinajstić information content (AvgIpc) is 2.89. The van der Waals surface area contributed by atoms with E-state index in [2.05, 4.69) is 17.1 Å². The van der Waals surface area contributed by atoms with Crippen molar-refractivity contribution in [2.75, 3.05) is 18.5 Å². The second kappa shape index (κ2) is 9.84. The van der Waals surface area contributed by atoms with E-state index in [1.54, 1.807) is 59.0 Å². The van der Waals surface area contributed by atoms with Crippen LogP contribution in [0.15, 0.2) is 47.3 Å². The van der Waals surface area contributed by atoms with Crippen molar-refractivity contribution in [3.05, 3.63) is 85.2 Å². The molecule has 1 saturated heterocycles. The Morgan fingerprint density at radius 3 is 2.30 bits per heavy atom. The van der Waals surface area contributed by atoms with Crippen molar-refractivity contribution in [2.45, 2.75) is 45.3 Å². The van der Waals surface area contributed by atoms with Crippen LogP contribution < -0.4 is 15.8 Å². The zero-order chi connectivity index (χ0) is 26.4. The van der Waals surface area contributed by atoms with E-state index in [0.717, 1.165) is 13.0 Å². The fraction of sp³-hybridized carbons (Fsp3) is 0.333. The molecule has 0 unspecified atom stereocenters. The van der Waals surface area contributed by atoms with Crippen LogP contribution in [0.1, 0.15) is 52.2 Å². The number of amides is 2. The zero-order valence-corrected chi connectivity index (χ0v) is 22.3. The van der Waals surface area contributed by atoms with Crippen LogP contribution in [0.4, 0.5) is 5.95 Å². The lowest BCUT2D eigenvalue weighted by molar-refractivity contribution is 0.0653. The van der Waals surface area contributed by atoms with Crippen molar-refractivity contribution in [3.63, 3.8) is 0 Å². The van der Waals surface area contributed by atoms with E-state index in [-0.39, 0.29) is 36.0 Å². The molecule has 5 rings (SSSR count). The third kappa shape index (κ3) is 4.49. The predicted octanol–water partition coefficient (Wildman–Crippen LogP) is 4.08. The van der Waals surface area contributed by atoms with Crippen molar-refractivity contribution < 1.29 is 9.59 Å². The van der Waals surface area contributed by atoms with Crippen LogP contribution in [0.25, 0.3) is 5.69 Å². The molecular formula is C27H27Cl2N5O3. The third-order valence-electron chi connectivity index (χ3n) is 7.22. The maximum Gasteiger partial charge on any atom is 0.263 e. The molecule has 192 valence electrons. The highest BCUT2D eigenvalue weighted by atomic mass is 35.5. The van der Waals surface area contributed by atoms with Crippen molar-refractivity contribution in [1.29, 1.82) is 0 Å². The maximum absolute atomic E-state index is 13.9. The SMILES string of the molecule is CNC(=O)c1ccc(-n2c(N3CC[C@H]3C)nc3c(c2=O)C[C@@H](C)N(C(=O)c2ccc(Cl)c(Cl)c2)C3)cc1. The van der Waals surface area contributed by atoms with Crippen molar-refractivity contribution in [3.8, 4) is 5.69 Å².